The van der Waals surface area contributed by atoms with Gasteiger partial charge in [-0.1, -0.05) is 42.1 Å². The molecule has 34 heavy (non-hydrogen) atoms. The lowest BCUT2D eigenvalue weighted by atomic mass is 10.1. The molecule has 1 N–H and O–H groups in total. The molecule has 2 aromatic carbocycles. The van der Waals surface area contributed by atoms with Crippen molar-refractivity contribution in [2.45, 2.75) is 30.6 Å². The fourth-order valence-corrected chi connectivity index (χ4v) is 4.71. The van der Waals surface area contributed by atoms with Crippen LogP contribution in [-0.2, 0) is 16.0 Å². The van der Waals surface area contributed by atoms with Gasteiger partial charge in [-0.25, -0.2) is 4.98 Å². The molecular weight excluding hydrogens is 454 g/mol. The highest BCUT2D eigenvalue weighted by Gasteiger charge is 2.21. The van der Waals surface area contributed by atoms with Crippen LogP contribution in [-0.4, -0.2) is 60.0 Å². The molecule has 1 saturated heterocycles. The molecular formula is C25H27N3O5S. The molecule has 178 valence electrons. The van der Waals surface area contributed by atoms with Gasteiger partial charge in [0.05, 0.1) is 35.9 Å². The third kappa shape index (κ3) is 5.72. The van der Waals surface area contributed by atoms with Gasteiger partial charge in [-0.15, -0.1) is 0 Å². The SMILES string of the molecule is COCCNC(=O)c1ccc2c(=O)n(C[C@H]3CCCO3)c(SCC(=O)c3ccccc3)nc2c1. The van der Waals surface area contributed by atoms with Crippen molar-refractivity contribution in [2.75, 3.05) is 32.6 Å². The minimum atomic E-state index is -0.266. The highest BCUT2D eigenvalue weighted by molar-refractivity contribution is 7.99. The van der Waals surface area contributed by atoms with E-state index in [4.69, 9.17) is 14.5 Å². The summed E-state index contributed by atoms with van der Waals surface area (Å²) in [5, 5.41) is 3.63. The fourth-order valence-electron chi connectivity index (χ4n) is 3.81. The third-order valence-corrected chi connectivity index (χ3v) is 6.59. The van der Waals surface area contributed by atoms with Crippen LogP contribution in [0.3, 0.4) is 0 Å². The van der Waals surface area contributed by atoms with Crippen LogP contribution in [0.25, 0.3) is 10.9 Å². The molecule has 0 bridgehead atoms. The summed E-state index contributed by atoms with van der Waals surface area (Å²) >= 11 is 1.22. The second-order valence-corrected chi connectivity index (χ2v) is 8.95. The van der Waals surface area contributed by atoms with E-state index >= 15 is 0 Å². The molecule has 2 heterocycles. The number of methoxy groups -OCH3 is 1. The minimum Gasteiger partial charge on any atom is -0.383 e. The number of carbonyl (C=O) groups is 2. The predicted molar refractivity (Wildman–Crippen MR) is 131 cm³/mol. The largest absolute Gasteiger partial charge is 0.383 e. The standard InChI is InChI=1S/C25H27N3O5S/c1-32-13-11-26-23(30)18-9-10-20-21(14-18)27-25(28(24(20)31)15-19-8-5-12-33-19)34-16-22(29)17-6-3-2-4-7-17/h2-4,6-7,9-10,14,19H,5,8,11-13,15-16H2,1H3,(H,26,30)/t19-/m1/s1. The molecule has 0 radical (unpaired) electrons. The lowest BCUT2D eigenvalue weighted by Gasteiger charge is -2.16. The number of aromatic nitrogens is 2. The predicted octanol–water partition coefficient (Wildman–Crippen LogP) is 2.93. The number of ether oxygens (including phenoxy) is 2. The molecule has 0 saturated carbocycles. The molecule has 1 atom stereocenters. The van der Waals surface area contributed by atoms with E-state index < -0.39 is 0 Å². The van der Waals surface area contributed by atoms with Gasteiger partial charge in [0.15, 0.2) is 10.9 Å². The Kier molecular flexibility index (Phi) is 8.10. The molecule has 3 aromatic rings. The van der Waals surface area contributed by atoms with E-state index in [1.807, 2.05) is 18.2 Å². The van der Waals surface area contributed by atoms with Crippen LogP contribution < -0.4 is 10.9 Å². The number of hydrogen-bond acceptors (Lipinski definition) is 7. The van der Waals surface area contributed by atoms with Crippen LogP contribution in [0.1, 0.15) is 33.6 Å². The number of amides is 1. The number of benzene rings is 2. The number of carbonyl (C=O) groups excluding carboxylic acids is 2. The summed E-state index contributed by atoms with van der Waals surface area (Å²) in [5.41, 5.74) is 1.23. The Morgan fingerprint density at radius 1 is 1.21 bits per heavy atom. The molecule has 0 aliphatic carbocycles. The molecule has 1 aliphatic rings. The maximum atomic E-state index is 13.4. The quantitative estimate of drug-likeness (QED) is 0.206. The summed E-state index contributed by atoms with van der Waals surface area (Å²) in [6.45, 7) is 1.84. The highest BCUT2D eigenvalue weighted by Crippen LogP contribution is 2.22. The first-order valence-corrected chi connectivity index (χ1v) is 12.2. The average molecular weight is 482 g/mol. The number of ketones is 1. The Hall–Kier alpha value is -3.01. The van der Waals surface area contributed by atoms with Crippen LogP contribution in [0.4, 0.5) is 0 Å². The van der Waals surface area contributed by atoms with Crippen LogP contribution in [0.5, 0.6) is 0 Å². The lowest BCUT2D eigenvalue weighted by molar-refractivity contribution is 0.0935. The fraction of sp³-hybridized carbons (Fsp3) is 0.360. The summed E-state index contributed by atoms with van der Waals surface area (Å²) in [7, 11) is 1.56. The first-order chi connectivity index (χ1) is 16.6. The third-order valence-electron chi connectivity index (χ3n) is 5.61. The first-order valence-electron chi connectivity index (χ1n) is 11.2. The average Bonchev–Trinajstić information content (AvgIpc) is 3.38. The number of nitrogens with one attached hydrogen (secondary N) is 1. The van der Waals surface area contributed by atoms with Gasteiger partial charge in [-0.2, -0.15) is 0 Å². The van der Waals surface area contributed by atoms with Gasteiger partial charge in [-0.05, 0) is 31.0 Å². The van der Waals surface area contributed by atoms with Gasteiger partial charge in [-0.3, -0.25) is 19.0 Å². The molecule has 4 rings (SSSR count). The normalized spacial score (nSPS) is 15.5. The number of thioether (sulfide) groups is 1. The summed E-state index contributed by atoms with van der Waals surface area (Å²) in [6.07, 6.45) is 1.77. The van der Waals surface area contributed by atoms with Crippen molar-refractivity contribution in [3.8, 4) is 0 Å². The van der Waals surface area contributed by atoms with Crippen molar-refractivity contribution in [3.63, 3.8) is 0 Å². The van der Waals surface area contributed by atoms with Crippen molar-refractivity contribution >= 4 is 34.4 Å². The maximum Gasteiger partial charge on any atom is 0.262 e. The molecule has 0 spiro atoms. The molecule has 1 aliphatic heterocycles. The molecule has 1 amide bonds. The number of rotatable bonds is 10. The Balaban J connectivity index is 1.65. The van der Waals surface area contributed by atoms with Gasteiger partial charge in [0.1, 0.15) is 0 Å². The number of fused-ring (bicyclic) bond motifs is 1. The van der Waals surface area contributed by atoms with E-state index in [0.717, 1.165) is 12.8 Å². The van der Waals surface area contributed by atoms with Crippen LogP contribution in [0.15, 0.2) is 58.5 Å². The molecule has 0 unspecified atom stereocenters. The number of nitrogens with zero attached hydrogens (tertiary/aromatic N) is 2. The Morgan fingerprint density at radius 3 is 2.76 bits per heavy atom. The van der Waals surface area contributed by atoms with Gasteiger partial charge in [0.25, 0.3) is 11.5 Å². The van der Waals surface area contributed by atoms with Gasteiger partial charge in [0, 0.05) is 31.4 Å². The molecule has 1 aromatic heterocycles. The van der Waals surface area contributed by atoms with E-state index in [1.165, 1.54) is 11.8 Å². The Bertz CT molecular complexity index is 1220. The first kappa shape index (κ1) is 24.1. The zero-order valence-electron chi connectivity index (χ0n) is 19.0. The maximum absolute atomic E-state index is 13.4. The highest BCUT2D eigenvalue weighted by atomic mass is 32.2. The number of hydrogen-bond donors (Lipinski definition) is 1. The summed E-state index contributed by atoms with van der Waals surface area (Å²) in [5.74, 6) is -0.169. The van der Waals surface area contributed by atoms with Crippen molar-refractivity contribution in [1.29, 1.82) is 0 Å². The number of Topliss-reactive ketones (excluding diaryl/α,β-unsaturated/α-hetero) is 1. The monoisotopic (exact) mass is 481 g/mol. The second kappa shape index (κ2) is 11.4. The zero-order chi connectivity index (χ0) is 23.9. The summed E-state index contributed by atoms with van der Waals surface area (Å²) < 4.78 is 12.3. The summed E-state index contributed by atoms with van der Waals surface area (Å²) in [6, 6.07) is 13.9. The molecule has 8 nitrogen and oxygen atoms in total. The van der Waals surface area contributed by atoms with Gasteiger partial charge < -0.3 is 14.8 Å². The molecule has 9 heteroatoms. The zero-order valence-corrected chi connectivity index (χ0v) is 19.8. The van der Waals surface area contributed by atoms with E-state index in [1.54, 1.807) is 42.0 Å². The van der Waals surface area contributed by atoms with E-state index in [9.17, 15) is 14.4 Å². The smallest absolute Gasteiger partial charge is 0.262 e. The van der Waals surface area contributed by atoms with Crippen LogP contribution in [0.2, 0.25) is 0 Å². The Morgan fingerprint density at radius 2 is 2.03 bits per heavy atom. The van der Waals surface area contributed by atoms with Gasteiger partial charge >= 0.3 is 0 Å². The van der Waals surface area contributed by atoms with Crippen LogP contribution in [0, 0.1) is 0 Å². The summed E-state index contributed by atoms with van der Waals surface area (Å²) in [4.78, 5) is 43.2. The van der Waals surface area contributed by atoms with Gasteiger partial charge in [0.2, 0.25) is 0 Å². The van der Waals surface area contributed by atoms with E-state index in [-0.39, 0.29) is 29.1 Å². The van der Waals surface area contributed by atoms with Crippen molar-refractivity contribution < 1.29 is 19.1 Å². The van der Waals surface area contributed by atoms with Crippen molar-refractivity contribution in [2.24, 2.45) is 0 Å². The van der Waals surface area contributed by atoms with Crippen molar-refractivity contribution in [3.05, 3.63) is 70.0 Å². The second-order valence-electron chi connectivity index (χ2n) is 8.00. The van der Waals surface area contributed by atoms with E-state index in [0.29, 0.717) is 53.5 Å². The van der Waals surface area contributed by atoms with Crippen LogP contribution >= 0.6 is 11.8 Å². The van der Waals surface area contributed by atoms with E-state index in [2.05, 4.69) is 5.32 Å². The van der Waals surface area contributed by atoms with Crippen molar-refractivity contribution in [1.82, 2.24) is 14.9 Å². The minimum absolute atomic E-state index is 0.0464. The molecule has 1 fully saturated rings. The lowest BCUT2D eigenvalue weighted by Crippen LogP contribution is -2.29. The Labute approximate surface area is 201 Å². The topological polar surface area (TPSA) is 99.5 Å².